The molecule has 0 amide bonds. The van der Waals surface area contributed by atoms with Gasteiger partial charge >= 0.3 is 0 Å². The number of ketones is 1. The molecule has 0 fully saturated rings. The third kappa shape index (κ3) is 4.47. The van der Waals surface area contributed by atoms with Gasteiger partial charge in [0, 0.05) is 6.42 Å². The van der Waals surface area contributed by atoms with Crippen LogP contribution in [0.3, 0.4) is 0 Å². The van der Waals surface area contributed by atoms with E-state index in [4.69, 9.17) is 4.43 Å². The zero-order valence-corrected chi connectivity index (χ0v) is 12.3. The van der Waals surface area contributed by atoms with Crippen LogP contribution in [-0.2, 0) is 9.22 Å². The van der Waals surface area contributed by atoms with Crippen molar-refractivity contribution in [2.45, 2.75) is 71.7 Å². The molecule has 0 aliphatic heterocycles. The van der Waals surface area contributed by atoms with Crippen molar-refractivity contribution in [3.8, 4) is 0 Å². The van der Waals surface area contributed by atoms with E-state index < -0.39 is 8.32 Å². The van der Waals surface area contributed by atoms with Gasteiger partial charge in [-0.25, -0.2) is 0 Å². The smallest absolute Gasteiger partial charge is 0.193 e. The molecule has 0 aliphatic carbocycles. The maximum absolute atomic E-state index is 11.6. The fraction of sp³-hybridized carbons (Fsp3) is 0.917. The van der Waals surface area contributed by atoms with Crippen molar-refractivity contribution < 1.29 is 9.22 Å². The lowest BCUT2D eigenvalue weighted by Gasteiger charge is -2.38. The average Bonchev–Trinajstić information content (AvgIpc) is 2.01. The Morgan fingerprint density at radius 1 is 1.33 bits per heavy atom. The van der Waals surface area contributed by atoms with E-state index >= 15 is 0 Å². The van der Waals surface area contributed by atoms with Gasteiger partial charge < -0.3 is 4.43 Å². The van der Waals surface area contributed by atoms with Crippen LogP contribution in [0.5, 0.6) is 0 Å². The molecule has 0 heterocycles. The molecule has 1 atom stereocenters. The van der Waals surface area contributed by atoms with E-state index in [1.165, 1.54) is 0 Å². The third-order valence-corrected chi connectivity index (χ3v) is 7.78. The summed E-state index contributed by atoms with van der Waals surface area (Å²) in [5.41, 5.74) is 0. The van der Waals surface area contributed by atoms with Gasteiger partial charge in [-0.2, -0.15) is 0 Å². The van der Waals surface area contributed by atoms with E-state index in [0.717, 1.165) is 6.42 Å². The zero-order chi connectivity index (χ0) is 12.3. The zero-order valence-electron chi connectivity index (χ0n) is 11.3. The third-order valence-electron chi connectivity index (χ3n) is 3.23. The molecule has 0 rings (SSSR count). The average molecular weight is 230 g/mol. The Morgan fingerprint density at radius 2 is 1.80 bits per heavy atom. The van der Waals surface area contributed by atoms with Crippen molar-refractivity contribution in [3.05, 3.63) is 0 Å². The highest BCUT2D eigenvalue weighted by Crippen LogP contribution is 2.37. The van der Waals surface area contributed by atoms with Crippen LogP contribution in [0.1, 0.15) is 47.5 Å². The van der Waals surface area contributed by atoms with E-state index in [-0.39, 0.29) is 16.9 Å². The highest BCUT2D eigenvalue weighted by molar-refractivity contribution is 6.74. The Hall–Kier alpha value is -0.153. The van der Waals surface area contributed by atoms with Crippen LogP contribution in [0.15, 0.2) is 0 Å². The summed E-state index contributed by atoms with van der Waals surface area (Å²) >= 11 is 0. The monoisotopic (exact) mass is 230 g/mol. The van der Waals surface area contributed by atoms with Crippen LogP contribution in [0.2, 0.25) is 18.1 Å². The lowest BCUT2D eigenvalue weighted by molar-refractivity contribution is -0.125. The molecule has 0 saturated heterocycles. The van der Waals surface area contributed by atoms with Crippen LogP contribution >= 0.6 is 0 Å². The summed E-state index contributed by atoms with van der Waals surface area (Å²) in [6.07, 6.45) is 1.31. The van der Waals surface area contributed by atoms with E-state index in [1.807, 2.05) is 13.8 Å². The molecular formula is C12H26O2Si. The van der Waals surface area contributed by atoms with Crippen molar-refractivity contribution in [3.63, 3.8) is 0 Å². The molecule has 0 N–H and O–H groups in total. The minimum absolute atomic E-state index is 0.174. The van der Waals surface area contributed by atoms with E-state index in [9.17, 15) is 4.79 Å². The fourth-order valence-electron chi connectivity index (χ4n) is 1.13. The molecule has 0 aliphatic rings. The van der Waals surface area contributed by atoms with Gasteiger partial charge in [0.25, 0.3) is 0 Å². The first kappa shape index (κ1) is 14.8. The predicted molar refractivity (Wildman–Crippen MR) is 67.7 cm³/mol. The van der Waals surface area contributed by atoms with Gasteiger partial charge in [0.2, 0.25) is 0 Å². The molecule has 0 spiro atoms. The van der Waals surface area contributed by atoms with Crippen molar-refractivity contribution in [2.75, 3.05) is 0 Å². The molecule has 90 valence electrons. The highest BCUT2D eigenvalue weighted by Gasteiger charge is 2.39. The van der Waals surface area contributed by atoms with Gasteiger partial charge in [0.05, 0.1) is 0 Å². The number of hydrogen-bond acceptors (Lipinski definition) is 2. The SMILES string of the molecule is CCCC(=O)C(C)O[Si](C)(C)C(C)(C)C. The summed E-state index contributed by atoms with van der Waals surface area (Å²) in [5, 5.41) is 0.174. The number of rotatable bonds is 5. The van der Waals surface area contributed by atoms with Gasteiger partial charge in [0.1, 0.15) is 6.10 Å². The topological polar surface area (TPSA) is 26.3 Å². The molecule has 0 aromatic heterocycles. The summed E-state index contributed by atoms with van der Waals surface area (Å²) in [7, 11) is -1.78. The quantitative estimate of drug-likeness (QED) is 0.672. The molecule has 2 nitrogen and oxygen atoms in total. The second-order valence-electron chi connectivity index (χ2n) is 5.74. The Kier molecular flexibility index (Phi) is 5.20. The van der Waals surface area contributed by atoms with E-state index in [0.29, 0.717) is 6.42 Å². The summed E-state index contributed by atoms with van der Waals surface area (Å²) in [6.45, 7) is 14.9. The standard InChI is InChI=1S/C12H26O2Si/c1-8-9-11(13)10(2)14-15(6,7)12(3,4)5/h10H,8-9H2,1-7H3. The van der Waals surface area contributed by atoms with Crippen LogP contribution < -0.4 is 0 Å². The lowest BCUT2D eigenvalue weighted by atomic mass is 10.2. The minimum Gasteiger partial charge on any atom is -0.407 e. The second-order valence-corrected chi connectivity index (χ2v) is 10.5. The molecule has 3 heteroatoms. The summed E-state index contributed by atoms with van der Waals surface area (Å²) in [6, 6.07) is 0. The van der Waals surface area contributed by atoms with Gasteiger partial charge in [-0.05, 0) is 31.5 Å². The molecule has 1 unspecified atom stereocenters. The number of carbonyl (C=O) groups is 1. The Labute approximate surface area is 95.5 Å². The molecule has 0 bridgehead atoms. The molecular weight excluding hydrogens is 204 g/mol. The van der Waals surface area contributed by atoms with Crippen LogP contribution in [0.4, 0.5) is 0 Å². The molecule has 0 aromatic carbocycles. The maximum atomic E-state index is 11.6. The molecule has 0 aromatic rings. The van der Waals surface area contributed by atoms with Crippen LogP contribution in [0.25, 0.3) is 0 Å². The molecule has 0 radical (unpaired) electrons. The van der Waals surface area contributed by atoms with Crippen molar-refractivity contribution in [1.29, 1.82) is 0 Å². The summed E-state index contributed by atoms with van der Waals surface area (Å²) in [4.78, 5) is 11.6. The normalized spacial score (nSPS) is 15.1. The van der Waals surface area contributed by atoms with E-state index in [1.54, 1.807) is 0 Å². The largest absolute Gasteiger partial charge is 0.407 e. The summed E-state index contributed by atoms with van der Waals surface area (Å²) in [5.74, 6) is 0.238. The first-order valence-electron chi connectivity index (χ1n) is 5.82. The van der Waals surface area contributed by atoms with Gasteiger partial charge in [-0.15, -0.1) is 0 Å². The van der Waals surface area contributed by atoms with Crippen LogP contribution in [0, 0.1) is 0 Å². The molecule has 0 saturated carbocycles. The highest BCUT2D eigenvalue weighted by atomic mass is 28.4. The first-order valence-corrected chi connectivity index (χ1v) is 8.73. The van der Waals surface area contributed by atoms with Crippen molar-refractivity contribution >= 4 is 14.1 Å². The van der Waals surface area contributed by atoms with Crippen molar-refractivity contribution in [2.24, 2.45) is 0 Å². The lowest BCUT2D eigenvalue weighted by Crippen LogP contribution is -2.45. The van der Waals surface area contributed by atoms with Crippen molar-refractivity contribution in [1.82, 2.24) is 0 Å². The Balaban J connectivity index is 4.40. The van der Waals surface area contributed by atoms with Gasteiger partial charge in [-0.3, -0.25) is 4.79 Å². The van der Waals surface area contributed by atoms with Gasteiger partial charge in [-0.1, -0.05) is 27.7 Å². The van der Waals surface area contributed by atoms with Crippen LogP contribution in [-0.4, -0.2) is 20.2 Å². The fourth-order valence-corrected chi connectivity index (χ4v) is 2.50. The Bertz CT molecular complexity index is 216. The summed E-state index contributed by atoms with van der Waals surface area (Å²) < 4.78 is 6.01. The number of carbonyl (C=O) groups excluding carboxylic acids is 1. The molecule has 15 heavy (non-hydrogen) atoms. The van der Waals surface area contributed by atoms with E-state index in [2.05, 4.69) is 33.9 Å². The first-order chi connectivity index (χ1) is 6.62. The minimum atomic E-state index is -1.78. The second kappa shape index (κ2) is 5.26. The maximum Gasteiger partial charge on any atom is 0.193 e. The predicted octanol–water partition coefficient (Wildman–Crippen LogP) is 3.77. The Morgan fingerprint density at radius 3 is 2.13 bits per heavy atom. The number of Topliss-reactive ketones (excluding diaryl/α,β-unsaturated/α-hetero) is 1. The number of hydrogen-bond donors (Lipinski definition) is 0. The van der Waals surface area contributed by atoms with Gasteiger partial charge in [0.15, 0.2) is 14.1 Å².